The van der Waals surface area contributed by atoms with E-state index in [1.165, 1.54) is 12.1 Å². The first-order valence-electron chi connectivity index (χ1n) is 8.62. The van der Waals surface area contributed by atoms with Gasteiger partial charge in [0.15, 0.2) is 0 Å². The molecule has 142 valence electrons. The molecule has 0 radical (unpaired) electrons. The van der Waals surface area contributed by atoms with E-state index in [0.717, 1.165) is 22.3 Å². The predicted molar refractivity (Wildman–Crippen MR) is 107 cm³/mol. The average molecular weight is 398 g/mol. The highest BCUT2D eigenvalue weighted by atomic mass is 35.5. The quantitative estimate of drug-likeness (QED) is 0.496. The minimum absolute atomic E-state index is 0.272. The molecule has 4 aromatic rings. The molecule has 0 saturated carbocycles. The van der Waals surface area contributed by atoms with Crippen LogP contribution in [0.5, 0.6) is 0 Å². The molecule has 0 aliphatic rings. The summed E-state index contributed by atoms with van der Waals surface area (Å²) < 4.78 is 19.8. The second-order valence-corrected chi connectivity index (χ2v) is 6.62. The molecule has 0 fully saturated rings. The molecule has 0 aliphatic carbocycles. The average Bonchev–Trinajstić information content (AvgIpc) is 3.20. The van der Waals surface area contributed by atoms with Gasteiger partial charge in [0.05, 0.1) is 17.5 Å². The van der Waals surface area contributed by atoms with Crippen molar-refractivity contribution in [3.8, 4) is 11.3 Å². The summed E-state index contributed by atoms with van der Waals surface area (Å²) >= 11 is 6.01. The monoisotopic (exact) mass is 397 g/mol. The Balaban J connectivity index is 1.58. The Labute approximate surface area is 165 Å². The third-order valence-corrected chi connectivity index (χ3v) is 4.69. The van der Waals surface area contributed by atoms with Gasteiger partial charge in [-0.3, -0.25) is 15.1 Å². The first kappa shape index (κ1) is 18.3. The van der Waals surface area contributed by atoms with Gasteiger partial charge in [-0.2, -0.15) is 5.10 Å². The van der Waals surface area contributed by atoms with Gasteiger partial charge in [-0.15, -0.1) is 0 Å². The molecule has 0 saturated heterocycles. The van der Waals surface area contributed by atoms with E-state index in [4.69, 9.17) is 16.3 Å². The number of aromatic amines is 1. The number of hydrogen-bond donors (Lipinski definition) is 2. The van der Waals surface area contributed by atoms with Crippen molar-refractivity contribution in [3.05, 3.63) is 71.4 Å². The van der Waals surface area contributed by atoms with Crippen molar-refractivity contribution in [2.75, 3.05) is 19.0 Å². The number of H-pyrrole nitrogens is 1. The van der Waals surface area contributed by atoms with E-state index in [9.17, 15) is 4.39 Å². The van der Waals surface area contributed by atoms with Crippen molar-refractivity contribution in [1.29, 1.82) is 0 Å². The van der Waals surface area contributed by atoms with Gasteiger partial charge in [0, 0.05) is 42.8 Å². The van der Waals surface area contributed by atoms with Crippen LogP contribution in [0, 0.1) is 5.82 Å². The van der Waals surface area contributed by atoms with Crippen molar-refractivity contribution < 1.29 is 9.13 Å². The van der Waals surface area contributed by atoms with E-state index >= 15 is 0 Å². The minimum Gasteiger partial charge on any atom is -0.380 e. The lowest BCUT2D eigenvalue weighted by Crippen LogP contribution is -2.15. The van der Waals surface area contributed by atoms with Crippen molar-refractivity contribution >= 4 is 28.3 Å². The van der Waals surface area contributed by atoms with E-state index in [2.05, 4.69) is 25.5 Å². The third-order valence-electron chi connectivity index (χ3n) is 4.45. The largest absolute Gasteiger partial charge is 0.380 e. The Bertz CT molecular complexity index is 1120. The highest BCUT2D eigenvalue weighted by Crippen LogP contribution is 2.28. The third kappa shape index (κ3) is 3.67. The van der Waals surface area contributed by atoms with Gasteiger partial charge < -0.3 is 10.1 Å². The fraction of sp³-hybridized carbons (Fsp3) is 0.150. The second kappa shape index (κ2) is 7.92. The molecule has 0 bridgehead atoms. The zero-order chi connectivity index (χ0) is 19.5. The molecular weight excluding hydrogens is 381 g/mol. The van der Waals surface area contributed by atoms with Crippen LogP contribution in [0.2, 0.25) is 5.02 Å². The molecule has 3 heterocycles. The number of hydrogen-bond acceptors (Lipinski definition) is 5. The Morgan fingerprint density at radius 2 is 2.04 bits per heavy atom. The number of nitrogens with one attached hydrogen (secondary N) is 2. The Morgan fingerprint density at radius 1 is 1.18 bits per heavy atom. The van der Waals surface area contributed by atoms with Crippen LogP contribution < -0.4 is 5.32 Å². The fourth-order valence-electron chi connectivity index (χ4n) is 3.02. The summed E-state index contributed by atoms with van der Waals surface area (Å²) in [4.78, 5) is 8.53. The van der Waals surface area contributed by atoms with Crippen molar-refractivity contribution in [1.82, 2.24) is 20.2 Å². The van der Waals surface area contributed by atoms with Crippen molar-refractivity contribution in [2.45, 2.75) is 6.10 Å². The van der Waals surface area contributed by atoms with Crippen LogP contribution in [0.4, 0.5) is 10.1 Å². The summed E-state index contributed by atoms with van der Waals surface area (Å²) in [5.74, 6) is -0.376. The van der Waals surface area contributed by atoms with Gasteiger partial charge in [-0.25, -0.2) is 4.39 Å². The molecule has 1 aromatic carbocycles. The molecule has 1 unspecified atom stereocenters. The second-order valence-electron chi connectivity index (χ2n) is 6.18. The Hall–Kier alpha value is -3.03. The smallest absolute Gasteiger partial charge is 0.134 e. The SMILES string of the molecule is COC(CNc1ccnc2c[nH]nc12)c1ccnc(-c2cc(Cl)ccc2F)c1. The van der Waals surface area contributed by atoms with Gasteiger partial charge >= 0.3 is 0 Å². The summed E-state index contributed by atoms with van der Waals surface area (Å²) in [6, 6.07) is 9.92. The maximum absolute atomic E-state index is 14.2. The molecule has 6 nitrogen and oxygen atoms in total. The number of benzene rings is 1. The van der Waals surface area contributed by atoms with Crippen LogP contribution in [0.3, 0.4) is 0 Å². The number of pyridine rings is 2. The molecule has 3 aromatic heterocycles. The molecule has 8 heteroatoms. The number of methoxy groups -OCH3 is 1. The Morgan fingerprint density at radius 3 is 2.89 bits per heavy atom. The van der Waals surface area contributed by atoms with Crippen LogP contribution in [-0.2, 0) is 4.74 Å². The van der Waals surface area contributed by atoms with Crippen LogP contribution in [0.1, 0.15) is 11.7 Å². The molecule has 0 aliphatic heterocycles. The van der Waals surface area contributed by atoms with E-state index in [0.29, 0.717) is 22.8 Å². The summed E-state index contributed by atoms with van der Waals surface area (Å²) in [6.07, 6.45) is 4.82. The standard InChI is InChI=1S/C20H17ClFN5O/c1-28-19(11-25-16-5-7-24-18-10-26-27-20(16)18)12-4-6-23-17(8-12)14-9-13(21)2-3-15(14)22/h2-10,19H,11H2,1H3,(H,24,25)(H,26,27). The van der Waals surface area contributed by atoms with E-state index in [1.54, 1.807) is 37.8 Å². The maximum atomic E-state index is 14.2. The number of fused-ring (bicyclic) bond motifs is 1. The van der Waals surface area contributed by atoms with Crippen LogP contribution in [0.15, 0.2) is 55.0 Å². The van der Waals surface area contributed by atoms with Crippen LogP contribution in [-0.4, -0.2) is 33.8 Å². The van der Waals surface area contributed by atoms with Gasteiger partial charge in [0.25, 0.3) is 0 Å². The number of nitrogens with zero attached hydrogens (tertiary/aromatic N) is 3. The minimum atomic E-state index is -0.376. The number of halogens is 2. The lowest BCUT2D eigenvalue weighted by atomic mass is 10.1. The molecule has 0 spiro atoms. The number of ether oxygens (including phenoxy) is 1. The highest BCUT2D eigenvalue weighted by molar-refractivity contribution is 6.30. The molecule has 4 rings (SSSR count). The maximum Gasteiger partial charge on any atom is 0.134 e. The van der Waals surface area contributed by atoms with E-state index < -0.39 is 0 Å². The number of anilines is 1. The zero-order valence-corrected chi connectivity index (χ0v) is 15.7. The summed E-state index contributed by atoms with van der Waals surface area (Å²) in [6.45, 7) is 0.490. The Kier molecular flexibility index (Phi) is 5.18. The number of rotatable bonds is 6. The fourth-order valence-corrected chi connectivity index (χ4v) is 3.19. The van der Waals surface area contributed by atoms with Crippen molar-refractivity contribution in [2.24, 2.45) is 0 Å². The summed E-state index contributed by atoms with van der Waals surface area (Å²) in [5.41, 5.74) is 4.10. The highest BCUT2D eigenvalue weighted by Gasteiger charge is 2.15. The van der Waals surface area contributed by atoms with Crippen molar-refractivity contribution in [3.63, 3.8) is 0 Å². The molecule has 2 N–H and O–H groups in total. The van der Waals surface area contributed by atoms with E-state index in [-0.39, 0.29) is 11.9 Å². The lowest BCUT2D eigenvalue weighted by Gasteiger charge is -2.18. The van der Waals surface area contributed by atoms with Gasteiger partial charge in [-0.1, -0.05) is 11.6 Å². The lowest BCUT2D eigenvalue weighted by molar-refractivity contribution is 0.114. The van der Waals surface area contributed by atoms with Gasteiger partial charge in [0.2, 0.25) is 0 Å². The topological polar surface area (TPSA) is 75.7 Å². The molecule has 1 atom stereocenters. The van der Waals surface area contributed by atoms with Gasteiger partial charge in [0.1, 0.15) is 16.9 Å². The number of aromatic nitrogens is 4. The first-order chi connectivity index (χ1) is 13.7. The predicted octanol–water partition coefficient (Wildman–Crippen LogP) is 4.61. The summed E-state index contributed by atoms with van der Waals surface area (Å²) in [7, 11) is 1.63. The van der Waals surface area contributed by atoms with E-state index in [1.807, 2.05) is 12.1 Å². The molecule has 0 amide bonds. The zero-order valence-electron chi connectivity index (χ0n) is 15.0. The van der Waals surface area contributed by atoms with Crippen LogP contribution >= 0.6 is 11.6 Å². The molecular formula is C20H17ClFN5O. The van der Waals surface area contributed by atoms with Gasteiger partial charge in [-0.05, 0) is 42.0 Å². The summed E-state index contributed by atoms with van der Waals surface area (Å²) in [5, 5.41) is 10.8. The first-order valence-corrected chi connectivity index (χ1v) is 9.00. The normalized spacial score (nSPS) is 12.2. The van der Waals surface area contributed by atoms with Crippen LogP contribution in [0.25, 0.3) is 22.3 Å². The molecule has 28 heavy (non-hydrogen) atoms.